The average molecular weight is 467 g/mol. The van der Waals surface area contributed by atoms with Crippen LogP contribution in [0.3, 0.4) is 0 Å². The van der Waals surface area contributed by atoms with Gasteiger partial charge >= 0.3 is 5.97 Å². The minimum absolute atomic E-state index is 0.124. The average Bonchev–Trinajstić information content (AvgIpc) is 3.57. The molecule has 2 aromatic carbocycles. The summed E-state index contributed by atoms with van der Waals surface area (Å²) in [5.74, 6) is -1.42. The van der Waals surface area contributed by atoms with E-state index in [9.17, 15) is 14.4 Å². The van der Waals surface area contributed by atoms with Crippen LogP contribution in [0.5, 0.6) is 0 Å². The molecule has 0 N–H and O–H groups in total. The van der Waals surface area contributed by atoms with Crippen molar-refractivity contribution in [2.45, 2.75) is 38.1 Å². The van der Waals surface area contributed by atoms with Crippen LogP contribution < -0.4 is 4.90 Å². The number of anilines is 1. The lowest BCUT2D eigenvalue weighted by atomic mass is 9.72. The second-order valence-electron chi connectivity index (χ2n) is 9.32. The third-order valence-electron chi connectivity index (χ3n) is 7.25. The number of hydrogen-bond acceptors (Lipinski definition) is 4. The molecule has 5 rings (SSSR count). The first kappa shape index (κ1) is 22.0. The lowest BCUT2D eigenvalue weighted by Gasteiger charge is -2.46. The third-order valence-corrected chi connectivity index (χ3v) is 7.50. The summed E-state index contributed by atoms with van der Waals surface area (Å²) in [5.41, 5.74) is 0.998. The van der Waals surface area contributed by atoms with E-state index in [2.05, 4.69) is 0 Å². The summed E-state index contributed by atoms with van der Waals surface area (Å²) in [6.07, 6.45) is 2.20. The van der Waals surface area contributed by atoms with Crippen molar-refractivity contribution in [2.24, 2.45) is 11.8 Å². The van der Waals surface area contributed by atoms with Crippen LogP contribution in [-0.4, -0.2) is 47.9 Å². The van der Waals surface area contributed by atoms with Gasteiger partial charge in [0.1, 0.15) is 5.54 Å². The van der Waals surface area contributed by atoms with E-state index in [1.807, 2.05) is 36.1 Å². The van der Waals surface area contributed by atoms with Crippen molar-refractivity contribution in [1.82, 2.24) is 4.90 Å². The number of hydrogen-bond donors (Lipinski definition) is 0. The number of esters is 1. The number of fused-ring (bicyclic) bond motifs is 3. The summed E-state index contributed by atoms with van der Waals surface area (Å²) in [6, 6.07) is 14.4. The summed E-state index contributed by atoms with van der Waals surface area (Å²) in [7, 11) is 0. The quantitative estimate of drug-likeness (QED) is 0.617. The summed E-state index contributed by atoms with van der Waals surface area (Å²) >= 11 is 6.02. The molecule has 2 fully saturated rings. The normalized spacial score (nSPS) is 26.1. The van der Waals surface area contributed by atoms with Crippen molar-refractivity contribution in [3.05, 3.63) is 64.7 Å². The fourth-order valence-electron chi connectivity index (χ4n) is 5.44. The number of para-hydroxylation sites is 1. The molecule has 6 nitrogen and oxygen atoms in total. The SMILES string of the molecule is CCOC(=O)[C@H]1CN(C(=O)c2ccc(Cl)cc2)[C@]2(C)C(=O)N(CC3CC3)c3ccccc3[C@H]12. The molecule has 0 spiro atoms. The van der Waals surface area contributed by atoms with Crippen LogP contribution in [0.25, 0.3) is 0 Å². The highest BCUT2D eigenvalue weighted by atomic mass is 35.5. The fourth-order valence-corrected chi connectivity index (χ4v) is 5.57. The molecule has 0 unspecified atom stereocenters. The topological polar surface area (TPSA) is 66.9 Å². The molecule has 0 aromatic heterocycles. The Labute approximate surface area is 198 Å². The molecule has 7 heteroatoms. The van der Waals surface area contributed by atoms with Gasteiger partial charge in [0.15, 0.2) is 0 Å². The molecular weight excluding hydrogens is 440 g/mol. The number of nitrogens with zero attached hydrogens (tertiary/aromatic N) is 2. The maximum absolute atomic E-state index is 14.1. The van der Waals surface area contributed by atoms with Gasteiger partial charge in [-0.15, -0.1) is 0 Å². The lowest BCUT2D eigenvalue weighted by molar-refractivity contribution is -0.148. The smallest absolute Gasteiger partial charge is 0.311 e. The maximum Gasteiger partial charge on any atom is 0.311 e. The molecule has 172 valence electrons. The Morgan fingerprint density at radius 1 is 1.12 bits per heavy atom. The van der Waals surface area contributed by atoms with Gasteiger partial charge in [0, 0.05) is 35.3 Å². The third kappa shape index (κ3) is 3.52. The number of rotatable bonds is 5. The summed E-state index contributed by atoms with van der Waals surface area (Å²) in [4.78, 5) is 44.3. The first-order valence-electron chi connectivity index (χ1n) is 11.5. The van der Waals surface area contributed by atoms with Crippen LogP contribution in [0, 0.1) is 11.8 Å². The van der Waals surface area contributed by atoms with Gasteiger partial charge in [-0.2, -0.15) is 0 Å². The molecule has 0 radical (unpaired) electrons. The number of ether oxygens (including phenoxy) is 1. The molecule has 2 aromatic rings. The molecule has 1 aliphatic carbocycles. The zero-order valence-electron chi connectivity index (χ0n) is 18.8. The van der Waals surface area contributed by atoms with E-state index in [-0.39, 0.29) is 30.9 Å². The Morgan fingerprint density at radius 3 is 2.48 bits per heavy atom. The molecule has 33 heavy (non-hydrogen) atoms. The zero-order valence-corrected chi connectivity index (χ0v) is 19.5. The van der Waals surface area contributed by atoms with E-state index in [0.29, 0.717) is 23.0 Å². The Morgan fingerprint density at radius 2 is 1.82 bits per heavy atom. The minimum Gasteiger partial charge on any atom is -0.466 e. The number of halogens is 1. The van der Waals surface area contributed by atoms with Crippen molar-refractivity contribution in [3.8, 4) is 0 Å². The first-order valence-corrected chi connectivity index (χ1v) is 11.9. The second-order valence-corrected chi connectivity index (χ2v) is 9.76. The van der Waals surface area contributed by atoms with Gasteiger partial charge in [-0.05, 0) is 68.5 Å². The molecule has 3 aliphatic rings. The predicted molar refractivity (Wildman–Crippen MR) is 125 cm³/mol. The van der Waals surface area contributed by atoms with E-state index in [1.165, 1.54) is 0 Å². The van der Waals surface area contributed by atoms with Gasteiger partial charge in [-0.1, -0.05) is 29.8 Å². The number of benzene rings is 2. The maximum atomic E-state index is 14.1. The fraction of sp³-hybridized carbons (Fsp3) is 0.423. The highest BCUT2D eigenvalue weighted by molar-refractivity contribution is 6.30. The first-order chi connectivity index (χ1) is 15.9. The van der Waals surface area contributed by atoms with Crippen molar-refractivity contribution in [3.63, 3.8) is 0 Å². The van der Waals surface area contributed by atoms with Gasteiger partial charge in [0.2, 0.25) is 0 Å². The number of amides is 2. The van der Waals surface area contributed by atoms with Crippen LogP contribution in [0.4, 0.5) is 5.69 Å². The summed E-state index contributed by atoms with van der Waals surface area (Å²) in [5, 5.41) is 0.528. The largest absolute Gasteiger partial charge is 0.466 e. The van der Waals surface area contributed by atoms with Crippen LogP contribution >= 0.6 is 11.6 Å². The molecule has 1 saturated heterocycles. The molecular formula is C26H27ClN2O4. The van der Waals surface area contributed by atoms with E-state index in [1.54, 1.807) is 36.1 Å². The monoisotopic (exact) mass is 466 g/mol. The van der Waals surface area contributed by atoms with E-state index >= 15 is 0 Å². The van der Waals surface area contributed by atoms with Gasteiger partial charge in [-0.3, -0.25) is 14.4 Å². The van der Waals surface area contributed by atoms with Gasteiger partial charge in [-0.25, -0.2) is 0 Å². The van der Waals surface area contributed by atoms with Crippen LogP contribution in [0.2, 0.25) is 5.02 Å². The van der Waals surface area contributed by atoms with Crippen LogP contribution in [0.15, 0.2) is 48.5 Å². The van der Waals surface area contributed by atoms with Crippen molar-refractivity contribution in [1.29, 1.82) is 0 Å². The Bertz CT molecular complexity index is 1110. The van der Waals surface area contributed by atoms with Crippen LogP contribution in [-0.2, 0) is 14.3 Å². The van der Waals surface area contributed by atoms with Crippen LogP contribution in [0.1, 0.15) is 48.5 Å². The lowest BCUT2D eigenvalue weighted by Crippen LogP contribution is -2.62. The molecule has 2 heterocycles. The summed E-state index contributed by atoms with van der Waals surface area (Å²) < 4.78 is 5.40. The molecule has 0 bridgehead atoms. The standard InChI is InChI=1S/C26H27ClN2O4/c1-3-33-24(31)20-15-29(23(30)17-10-12-18(27)13-11-17)26(2)22(20)19-6-4-5-7-21(19)28(25(26)32)14-16-8-9-16/h4-7,10-13,16,20,22H,3,8-9,14-15H2,1-2H3/t20-,22+,26-/m0/s1. The molecule has 2 amide bonds. The molecule has 1 saturated carbocycles. The second kappa shape index (κ2) is 8.17. The number of carbonyl (C=O) groups is 3. The molecule has 3 atom stereocenters. The van der Waals surface area contributed by atoms with Crippen molar-refractivity contribution >= 4 is 35.1 Å². The highest BCUT2D eigenvalue weighted by Gasteiger charge is 2.64. The van der Waals surface area contributed by atoms with E-state index < -0.39 is 17.4 Å². The zero-order chi connectivity index (χ0) is 23.3. The Kier molecular flexibility index (Phi) is 5.44. The number of likely N-dealkylation sites (tertiary alicyclic amines) is 1. The number of carbonyl (C=O) groups excluding carboxylic acids is 3. The van der Waals surface area contributed by atoms with Gasteiger partial charge in [0.25, 0.3) is 11.8 Å². The van der Waals surface area contributed by atoms with Gasteiger partial charge in [0.05, 0.1) is 12.5 Å². The molecule has 2 aliphatic heterocycles. The van der Waals surface area contributed by atoms with Crippen molar-refractivity contribution < 1.29 is 19.1 Å². The predicted octanol–water partition coefficient (Wildman–Crippen LogP) is 4.27. The van der Waals surface area contributed by atoms with Gasteiger partial charge < -0.3 is 14.5 Å². The highest BCUT2D eigenvalue weighted by Crippen LogP contribution is 2.54. The van der Waals surface area contributed by atoms with E-state index in [4.69, 9.17) is 16.3 Å². The summed E-state index contributed by atoms with van der Waals surface area (Å²) in [6.45, 7) is 4.57. The van der Waals surface area contributed by atoms with E-state index in [0.717, 1.165) is 24.1 Å². The Hall–Kier alpha value is -2.86. The minimum atomic E-state index is -1.20. The van der Waals surface area contributed by atoms with Crippen molar-refractivity contribution in [2.75, 3.05) is 24.6 Å². The Balaban J connectivity index is 1.64.